The molecule has 8 heteroatoms. The minimum absolute atomic E-state index is 0.133. The van der Waals surface area contributed by atoms with Crippen LogP contribution in [0.3, 0.4) is 0 Å². The third kappa shape index (κ3) is 5.14. The number of rotatable bonds is 6. The molecule has 1 N–H and O–H groups in total. The van der Waals surface area contributed by atoms with Gasteiger partial charge in [-0.2, -0.15) is 0 Å². The van der Waals surface area contributed by atoms with E-state index in [0.717, 1.165) is 0 Å². The number of hydrogen-bond acceptors (Lipinski definition) is 4. The molecule has 21 heavy (non-hydrogen) atoms. The zero-order valence-electron chi connectivity index (χ0n) is 11.9. The van der Waals surface area contributed by atoms with Gasteiger partial charge in [-0.05, 0) is 38.5 Å². The van der Waals surface area contributed by atoms with Gasteiger partial charge < -0.3 is 10.1 Å². The first-order valence-corrected chi connectivity index (χ1v) is 8.99. The van der Waals surface area contributed by atoms with Crippen molar-refractivity contribution in [2.24, 2.45) is 0 Å². The van der Waals surface area contributed by atoms with Crippen LogP contribution in [0.25, 0.3) is 0 Å². The summed E-state index contributed by atoms with van der Waals surface area (Å²) in [7, 11) is 1.38. The van der Waals surface area contributed by atoms with Crippen LogP contribution in [-0.2, 0) is 13.8 Å². The van der Waals surface area contributed by atoms with Crippen LogP contribution in [0.2, 0.25) is 5.02 Å². The number of carbonyl (C=O) groups is 1. The van der Waals surface area contributed by atoms with Gasteiger partial charge in [0.05, 0.1) is 11.5 Å². The van der Waals surface area contributed by atoms with Gasteiger partial charge in [0, 0.05) is 33.9 Å². The first-order chi connectivity index (χ1) is 9.66. The minimum atomic E-state index is -3.97. The molecule has 1 rings (SSSR count). The summed E-state index contributed by atoms with van der Waals surface area (Å²) in [5.41, 5.74) is 0.443. The van der Waals surface area contributed by atoms with Crippen molar-refractivity contribution in [3.63, 3.8) is 0 Å². The summed E-state index contributed by atoms with van der Waals surface area (Å²) >= 11 is 5.96. The third-order valence-corrected chi connectivity index (χ3v) is 4.61. The van der Waals surface area contributed by atoms with Gasteiger partial charge in [0.1, 0.15) is 0 Å². The van der Waals surface area contributed by atoms with Gasteiger partial charge >= 0.3 is 0 Å². The predicted molar refractivity (Wildman–Crippen MR) is 82.6 cm³/mol. The number of ether oxygens (including phenoxy) is 1. The topological polar surface area (TPSA) is 72.5 Å². The molecule has 0 saturated heterocycles. The van der Waals surface area contributed by atoms with Crippen molar-refractivity contribution in [3.05, 3.63) is 28.3 Å². The van der Waals surface area contributed by atoms with Crippen LogP contribution in [0.1, 0.15) is 29.8 Å². The van der Waals surface area contributed by atoms with Gasteiger partial charge in [0.2, 0.25) is 0 Å². The molecule has 118 valence electrons. The average molecular weight is 354 g/mol. The largest absolute Gasteiger partial charge is 0.380 e. The SMILES string of the molecule is CCOCC(C)NC(=O)c1cc(Cl)c(C)c(S(=O)(=O)Cl)c1. The Bertz CT molecular complexity index is 631. The number of hydrogen-bond donors (Lipinski definition) is 1. The van der Waals surface area contributed by atoms with Crippen molar-refractivity contribution < 1.29 is 17.9 Å². The Labute approximate surface area is 134 Å². The lowest BCUT2D eigenvalue weighted by Crippen LogP contribution is -2.36. The smallest absolute Gasteiger partial charge is 0.261 e. The zero-order chi connectivity index (χ0) is 16.2. The van der Waals surface area contributed by atoms with E-state index in [4.69, 9.17) is 27.0 Å². The Balaban J connectivity index is 3.04. The van der Waals surface area contributed by atoms with Crippen LogP contribution in [-0.4, -0.2) is 33.6 Å². The summed E-state index contributed by atoms with van der Waals surface area (Å²) in [4.78, 5) is 11.9. The Morgan fingerprint density at radius 2 is 2.05 bits per heavy atom. The monoisotopic (exact) mass is 353 g/mol. The summed E-state index contributed by atoms with van der Waals surface area (Å²) in [5, 5.41) is 2.86. The number of benzene rings is 1. The molecule has 1 atom stereocenters. The summed E-state index contributed by atoms with van der Waals surface area (Å²) < 4.78 is 28.2. The maximum atomic E-state index is 12.1. The van der Waals surface area contributed by atoms with Crippen molar-refractivity contribution in [2.75, 3.05) is 13.2 Å². The van der Waals surface area contributed by atoms with E-state index in [1.165, 1.54) is 19.1 Å². The maximum Gasteiger partial charge on any atom is 0.261 e. The highest BCUT2D eigenvalue weighted by atomic mass is 35.7. The van der Waals surface area contributed by atoms with E-state index < -0.39 is 15.0 Å². The van der Waals surface area contributed by atoms with Crippen LogP contribution >= 0.6 is 22.3 Å². The standard InChI is InChI=1S/C13H17Cl2NO4S/c1-4-20-7-8(2)16-13(17)10-5-11(14)9(3)12(6-10)21(15,18)19/h5-6,8H,4,7H2,1-3H3,(H,16,17). The number of halogens is 2. The van der Waals surface area contributed by atoms with Crippen molar-refractivity contribution in [1.82, 2.24) is 5.32 Å². The van der Waals surface area contributed by atoms with Gasteiger partial charge in [-0.25, -0.2) is 8.42 Å². The second kappa shape index (κ2) is 7.45. The lowest BCUT2D eigenvalue weighted by molar-refractivity contribution is 0.0872. The first-order valence-electron chi connectivity index (χ1n) is 6.30. The van der Waals surface area contributed by atoms with Crippen LogP contribution in [0, 0.1) is 6.92 Å². The van der Waals surface area contributed by atoms with E-state index in [1.54, 1.807) is 6.92 Å². The molecule has 0 bridgehead atoms. The fourth-order valence-corrected chi connectivity index (χ4v) is 3.18. The summed E-state index contributed by atoms with van der Waals surface area (Å²) in [6, 6.07) is 2.41. The molecule has 0 aliphatic carbocycles. The van der Waals surface area contributed by atoms with E-state index in [0.29, 0.717) is 18.8 Å². The van der Waals surface area contributed by atoms with Gasteiger partial charge in [-0.15, -0.1) is 0 Å². The van der Waals surface area contributed by atoms with E-state index in [-0.39, 0.29) is 21.5 Å². The van der Waals surface area contributed by atoms with E-state index in [9.17, 15) is 13.2 Å². The molecular formula is C13H17Cl2NO4S. The second-order valence-electron chi connectivity index (χ2n) is 4.55. The van der Waals surface area contributed by atoms with Crippen molar-refractivity contribution in [3.8, 4) is 0 Å². The highest BCUT2D eigenvalue weighted by Crippen LogP contribution is 2.27. The molecule has 0 heterocycles. The summed E-state index contributed by atoms with van der Waals surface area (Å²) in [6.07, 6.45) is 0. The molecule has 1 aromatic carbocycles. The molecule has 1 unspecified atom stereocenters. The van der Waals surface area contributed by atoms with Crippen LogP contribution in [0.15, 0.2) is 17.0 Å². The van der Waals surface area contributed by atoms with Crippen LogP contribution in [0.4, 0.5) is 0 Å². The molecule has 0 aliphatic heterocycles. The highest BCUT2D eigenvalue weighted by molar-refractivity contribution is 8.13. The normalized spacial score (nSPS) is 13.0. The Morgan fingerprint density at radius 3 is 2.57 bits per heavy atom. The predicted octanol–water partition coefficient (Wildman–Crippen LogP) is 2.73. The first kappa shape index (κ1) is 18.2. The van der Waals surface area contributed by atoms with Crippen molar-refractivity contribution >= 4 is 37.2 Å². The van der Waals surface area contributed by atoms with Gasteiger partial charge in [0.15, 0.2) is 0 Å². The number of carbonyl (C=O) groups excluding carboxylic acids is 1. The molecular weight excluding hydrogens is 337 g/mol. The second-order valence-corrected chi connectivity index (χ2v) is 7.49. The van der Waals surface area contributed by atoms with Crippen LogP contribution < -0.4 is 5.32 Å². The van der Waals surface area contributed by atoms with E-state index >= 15 is 0 Å². The fraction of sp³-hybridized carbons (Fsp3) is 0.462. The van der Waals surface area contributed by atoms with E-state index in [2.05, 4.69) is 5.32 Å². The lowest BCUT2D eigenvalue weighted by atomic mass is 10.1. The average Bonchev–Trinajstić information content (AvgIpc) is 2.37. The number of nitrogens with one attached hydrogen (secondary N) is 1. The highest BCUT2D eigenvalue weighted by Gasteiger charge is 2.20. The fourth-order valence-electron chi connectivity index (χ4n) is 1.68. The molecule has 5 nitrogen and oxygen atoms in total. The maximum absolute atomic E-state index is 12.1. The van der Waals surface area contributed by atoms with E-state index in [1.807, 2.05) is 6.92 Å². The van der Waals surface area contributed by atoms with Gasteiger partial charge in [0.25, 0.3) is 15.0 Å². The summed E-state index contributed by atoms with van der Waals surface area (Å²) in [6.45, 7) is 6.07. The van der Waals surface area contributed by atoms with Gasteiger partial charge in [-0.1, -0.05) is 11.6 Å². The molecule has 0 saturated carbocycles. The van der Waals surface area contributed by atoms with Crippen molar-refractivity contribution in [1.29, 1.82) is 0 Å². The lowest BCUT2D eigenvalue weighted by Gasteiger charge is -2.14. The third-order valence-electron chi connectivity index (χ3n) is 2.77. The molecule has 0 fully saturated rings. The zero-order valence-corrected chi connectivity index (χ0v) is 14.3. The Morgan fingerprint density at radius 1 is 1.43 bits per heavy atom. The Kier molecular flexibility index (Phi) is 6.46. The molecule has 0 aromatic heterocycles. The molecule has 0 aliphatic rings. The van der Waals surface area contributed by atoms with Crippen molar-refractivity contribution in [2.45, 2.75) is 31.7 Å². The molecule has 1 amide bonds. The van der Waals surface area contributed by atoms with Crippen LogP contribution in [0.5, 0.6) is 0 Å². The molecule has 1 aromatic rings. The summed E-state index contributed by atoms with van der Waals surface area (Å²) in [5.74, 6) is -0.439. The minimum Gasteiger partial charge on any atom is -0.380 e. The Hall–Kier alpha value is -0.820. The quantitative estimate of drug-likeness (QED) is 0.798. The molecule has 0 spiro atoms. The number of amides is 1. The molecule has 0 radical (unpaired) electrons. The van der Waals surface area contributed by atoms with Gasteiger partial charge in [-0.3, -0.25) is 4.79 Å².